The molecule has 1 aromatic rings. The second kappa shape index (κ2) is 7.01. The first-order chi connectivity index (χ1) is 11.7. The van der Waals surface area contributed by atoms with Crippen LogP contribution in [0.15, 0.2) is 27.9 Å². The molecule has 25 heavy (non-hydrogen) atoms. The highest BCUT2D eigenvalue weighted by Gasteiger charge is 2.37. The van der Waals surface area contributed by atoms with Crippen LogP contribution in [0.5, 0.6) is 11.5 Å². The fraction of sp³-hybridized carbons (Fsp3) is 0.267. The topological polar surface area (TPSA) is 136 Å². The third kappa shape index (κ3) is 3.53. The van der Waals surface area contributed by atoms with Crippen LogP contribution in [0.25, 0.3) is 0 Å². The quantitative estimate of drug-likeness (QED) is 0.574. The third-order valence-electron chi connectivity index (χ3n) is 3.72. The van der Waals surface area contributed by atoms with Crippen molar-refractivity contribution in [3.05, 3.63) is 33.4 Å². The van der Waals surface area contributed by atoms with E-state index in [-0.39, 0.29) is 27.2 Å². The number of carboxylic acid groups (broad SMARTS) is 2. The molecule has 1 heterocycles. The number of halogens is 1. The summed E-state index contributed by atoms with van der Waals surface area (Å²) in [5, 5.41) is 30.8. The number of amides is 2. The van der Waals surface area contributed by atoms with Crippen molar-refractivity contribution in [2.24, 2.45) is 0 Å². The van der Waals surface area contributed by atoms with Gasteiger partial charge in [0.15, 0.2) is 11.5 Å². The van der Waals surface area contributed by atoms with E-state index in [1.54, 1.807) is 0 Å². The van der Waals surface area contributed by atoms with Crippen molar-refractivity contribution in [3.8, 4) is 11.5 Å². The van der Waals surface area contributed by atoms with Gasteiger partial charge in [-0.25, -0.2) is 9.59 Å². The average Bonchev–Trinajstić information content (AvgIpc) is 2.52. The normalized spacial score (nSPS) is 17.3. The molecule has 2 rings (SSSR count). The summed E-state index contributed by atoms with van der Waals surface area (Å²) < 4.78 is 5.29. The lowest BCUT2D eigenvalue weighted by Crippen LogP contribution is -2.49. The van der Waals surface area contributed by atoms with Crippen molar-refractivity contribution in [1.82, 2.24) is 10.2 Å². The molecule has 9 nitrogen and oxygen atoms in total. The number of phenols is 1. The standard InChI is InChI=1S/C15H15BrN2O7/c1-6-11(14(22)23)12(17-15(24)18(6)5-10(19)20)7-3-8(16)13(21)9(4-7)25-2/h3-4,12,21H,5H2,1-2H3,(H,17,24)(H,19,20)(H,22,23). The number of hydrogen-bond donors (Lipinski definition) is 4. The predicted molar refractivity (Wildman–Crippen MR) is 88.3 cm³/mol. The van der Waals surface area contributed by atoms with Crippen molar-refractivity contribution < 1.29 is 34.4 Å². The van der Waals surface area contributed by atoms with Gasteiger partial charge < -0.3 is 25.4 Å². The number of allylic oxidation sites excluding steroid dienone is 1. The van der Waals surface area contributed by atoms with Crippen LogP contribution in [-0.4, -0.2) is 51.8 Å². The maximum Gasteiger partial charge on any atom is 0.335 e. The second-order valence-corrected chi connectivity index (χ2v) is 6.07. The highest BCUT2D eigenvalue weighted by Crippen LogP contribution is 2.39. The Morgan fingerprint density at radius 2 is 2.00 bits per heavy atom. The summed E-state index contributed by atoms with van der Waals surface area (Å²) in [6.07, 6.45) is 0. The Hall–Kier alpha value is -2.75. The Bertz CT molecular complexity index is 790. The van der Waals surface area contributed by atoms with Gasteiger partial charge in [0.25, 0.3) is 0 Å². The van der Waals surface area contributed by atoms with Gasteiger partial charge in [-0.15, -0.1) is 0 Å². The minimum absolute atomic E-state index is 0.0202. The van der Waals surface area contributed by atoms with Crippen molar-refractivity contribution in [2.75, 3.05) is 13.7 Å². The molecule has 1 atom stereocenters. The van der Waals surface area contributed by atoms with Crippen molar-refractivity contribution in [3.63, 3.8) is 0 Å². The molecule has 0 aromatic heterocycles. The van der Waals surface area contributed by atoms with E-state index in [9.17, 15) is 24.6 Å². The van der Waals surface area contributed by atoms with Crippen LogP contribution in [0.3, 0.4) is 0 Å². The van der Waals surface area contributed by atoms with E-state index in [1.807, 2.05) is 0 Å². The number of nitrogens with one attached hydrogen (secondary N) is 1. The van der Waals surface area contributed by atoms with Crippen LogP contribution in [0.2, 0.25) is 0 Å². The summed E-state index contributed by atoms with van der Waals surface area (Å²) in [4.78, 5) is 35.7. The van der Waals surface area contributed by atoms with Crippen molar-refractivity contribution in [1.29, 1.82) is 0 Å². The Morgan fingerprint density at radius 1 is 1.36 bits per heavy atom. The number of nitrogens with zero attached hydrogens (tertiary/aromatic N) is 1. The lowest BCUT2D eigenvalue weighted by molar-refractivity contribution is -0.138. The van der Waals surface area contributed by atoms with E-state index in [0.717, 1.165) is 4.90 Å². The number of carbonyl (C=O) groups excluding carboxylic acids is 1. The summed E-state index contributed by atoms with van der Waals surface area (Å²) in [6.45, 7) is 0.703. The molecule has 1 aliphatic rings. The summed E-state index contributed by atoms with van der Waals surface area (Å²) in [7, 11) is 1.33. The smallest absolute Gasteiger partial charge is 0.335 e. The van der Waals surface area contributed by atoms with Gasteiger partial charge >= 0.3 is 18.0 Å². The zero-order valence-electron chi connectivity index (χ0n) is 13.2. The van der Waals surface area contributed by atoms with E-state index in [2.05, 4.69) is 21.2 Å². The monoisotopic (exact) mass is 414 g/mol. The van der Waals surface area contributed by atoms with Crippen LogP contribution in [0, 0.1) is 0 Å². The number of aromatic hydroxyl groups is 1. The van der Waals surface area contributed by atoms with Crippen LogP contribution in [0.4, 0.5) is 4.79 Å². The van der Waals surface area contributed by atoms with Crippen LogP contribution in [0.1, 0.15) is 18.5 Å². The number of ether oxygens (including phenoxy) is 1. The Kier molecular flexibility index (Phi) is 5.21. The molecular formula is C15H15BrN2O7. The number of carboxylic acids is 2. The first-order valence-corrected chi connectivity index (χ1v) is 7.77. The van der Waals surface area contributed by atoms with Gasteiger partial charge in [-0.2, -0.15) is 0 Å². The molecule has 2 amide bonds. The van der Waals surface area contributed by atoms with Gasteiger partial charge in [-0.05, 0) is 40.5 Å². The maximum absolute atomic E-state index is 12.2. The molecule has 0 radical (unpaired) electrons. The van der Waals surface area contributed by atoms with Gasteiger partial charge in [0.2, 0.25) is 0 Å². The summed E-state index contributed by atoms with van der Waals surface area (Å²) >= 11 is 3.14. The molecular weight excluding hydrogens is 400 g/mol. The zero-order chi connectivity index (χ0) is 18.9. The molecule has 0 saturated carbocycles. The van der Waals surface area contributed by atoms with E-state index >= 15 is 0 Å². The molecule has 0 bridgehead atoms. The Morgan fingerprint density at radius 3 is 2.52 bits per heavy atom. The van der Waals surface area contributed by atoms with Crippen LogP contribution < -0.4 is 10.1 Å². The van der Waals surface area contributed by atoms with Crippen molar-refractivity contribution in [2.45, 2.75) is 13.0 Å². The molecule has 0 aliphatic carbocycles. The van der Waals surface area contributed by atoms with E-state index in [1.165, 1.54) is 26.2 Å². The van der Waals surface area contributed by atoms with Gasteiger partial charge in [0.05, 0.1) is 23.2 Å². The molecule has 4 N–H and O–H groups in total. The lowest BCUT2D eigenvalue weighted by atomic mass is 9.94. The minimum atomic E-state index is -1.30. The van der Waals surface area contributed by atoms with Gasteiger partial charge in [-0.1, -0.05) is 0 Å². The largest absolute Gasteiger partial charge is 0.503 e. The van der Waals surface area contributed by atoms with Crippen LogP contribution in [-0.2, 0) is 9.59 Å². The van der Waals surface area contributed by atoms with Crippen molar-refractivity contribution >= 4 is 33.9 Å². The molecule has 1 aliphatic heterocycles. The minimum Gasteiger partial charge on any atom is -0.503 e. The highest BCUT2D eigenvalue weighted by atomic mass is 79.9. The van der Waals surface area contributed by atoms with Crippen LogP contribution >= 0.6 is 15.9 Å². The van der Waals surface area contributed by atoms with E-state index in [0.29, 0.717) is 5.56 Å². The number of rotatable bonds is 5. The summed E-state index contributed by atoms with van der Waals surface area (Å²) in [6, 6.07) is 1.07. The van der Waals surface area contributed by atoms with E-state index < -0.39 is 30.6 Å². The van der Waals surface area contributed by atoms with Gasteiger partial charge in [0.1, 0.15) is 6.54 Å². The number of phenolic OH excluding ortho intramolecular Hbond substituents is 1. The molecule has 10 heteroatoms. The number of methoxy groups -OCH3 is 1. The lowest BCUT2D eigenvalue weighted by Gasteiger charge is -2.34. The molecule has 0 saturated heterocycles. The SMILES string of the molecule is COc1cc(C2NC(=O)N(CC(=O)O)C(C)=C2C(=O)O)cc(Br)c1O. The highest BCUT2D eigenvalue weighted by molar-refractivity contribution is 9.10. The number of benzene rings is 1. The molecule has 0 spiro atoms. The number of urea groups is 1. The predicted octanol–water partition coefficient (Wildman–Crippen LogP) is 1.67. The fourth-order valence-corrected chi connectivity index (χ4v) is 3.01. The molecule has 134 valence electrons. The maximum atomic E-state index is 12.2. The van der Waals surface area contributed by atoms with Gasteiger partial charge in [0, 0.05) is 5.70 Å². The number of hydrogen-bond acceptors (Lipinski definition) is 5. The molecule has 1 unspecified atom stereocenters. The van der Waals surface area contributed by atoms with Gasteiger partial charge in [-0.3, -0.25) is 9.69 Å². The Balaban J connectivity index is 2.60. The molecule has 0 fully saturated rings. The number of aliphatic carboxylic acids is 2. The first-order valence-electron chi connectivity index (χ1n) is 6.97. The summed E-state index contributed by atoms with van der Waals surface area (Å²) in [5.41, 5.74) is 0.189. The number of carbonyl (C=O) groups is 3. The zero-order valence-corrected chi connectivity index (χ0v) is 14.8. The average molecular weight is 415 g/mol. The third-order valence-corrected chi connectivity index (χ3v) is 4.33. The second-order valence-electron chi connectivity index (χ2n) is 5.22. The molecule has 1 aromatic carbocycles. The fourth-order valence-electron chi connectivity index (χ4n) is 2.55. The summed E-state index contributed by atoms with van der Waals surface area (Å²) in [5.74, 6) is -2.65. The Labute approximate surface area is 150 Å². The van der Waals surface area contributed by atoms with E-state index in [4.69, 9.17) is 9.84 Å². The first kappa shape index (κ1) is 18.6.